The Bertz CT molecular complexity index is 654. The van der Waals surface area contributed by atoms with E-state index < -0.39 is 0 Å². The van der Waals surface area contributed by atoms with E-state index >= 15 is 0 Å². The maximum Gasteiger partial charge on any atom is 0.104 e. The third-order valence-electron chi connectivity index (χ3n) is 3.75. The Kier molecular flexibility index (Phi) is 3.85. The van der Waals surface area contributed by atoms with Crippen molar-refractivity contribution < 1.29 is 0 Å². The van der Waals surface area contributed by atoms with Gasteiger partial charge >= 0.3 is 0 Å². The Balaban J connectivity index is 2.12. The standard InChI is InChI=1S/C16H18N2S2/c1-11-10-18(8-9-20-11)15-7-6-14(16(17)19)12-4-2-3-5-13(12)15/h2-7,11H,8-10H2,1H3,(H2,17,19). The molecule has 0 saturated carbocycles. The van der Waals surface area contributed by atoms with E-state index in [-0.39, 0.29) is 0 Å². The highest BCUT2D eigenvalue weighted by molar-refractivity contribution is 8.00. The largest absolute Gasteiger partial charge is 0.389 e. The molecule has 2 aromatic carbocycles. The summed E-state index contributed by atoms with van der Waals surface area (Å²) in [5, 5.41) is 3.08. The predicted octanol–water partition coefficient (Wildman–Crippen LogP) is 3.42. The van der Waals surface area contributed by atoms with Crippen molar-refractivity contribution in [3.05, 3.63) is 42.0 Å². The molecule has 0 spiro atoms. The lowest BCUT2D eigenvalue weighted by Gasteiger charge is -2.33. The topological polar surface area (TPSA) is 29.3 Å². The van der Waals surface area contributed by atoms with Crippen molar-refractivity contribution in [3.8, 4) is 0 Å². The molecule has 2 nitrogen and oxygen atoms in total. The molecular weight excluding hydrogens is 284 g/mol. The summed E-state index contributed by atoms with van der Waals surface area (Å²) in [6, 6.07) is 12.6. The van der Waals surface area contributed by atoms with Gasteiger partial charge in [-0.1, -0.05) is 43.4 Å². The molecule has 2 aromatic rings. The summed E-state index contributed by atoms with van der Waals surface area (Å²) in [7, 11) is 0. The van der Waals surface area contributed by atoms with E-state index in [9.17, 15) is 0 Å². The highest BCUT2D eigenvalue weighted by Gasteiger charge is 2.19. The van der Waals surface area contributed by atoms with E-state index in [0.717, 1.165) is 24.0 Å². The molecule has 1 heterocycles. The Morgan fingerprint density at radius 1 is 1.25 bits per heavy atom. The quantitative estimate of drug-likeness (QED) is 0.861. The fourth-order valence-electron chi connectivity index (χ4n) is 2.81. The van der Waals surface area contributed by atoms with E-state index in [0.29, 0.717) is 10.2 Å². The number of rotatable bonds is 2. The third-order valence-corrected chi connectivity index (χ3v) is 5.10. The van der Waals surface area contributed by atoms with Crippen molar-refractivity contribution in [2.24, 2.45) is 5.73 Å². The molecule has 1 aliphatic heterocycles. The molecule has 2 N–H and O–H groups in total. The first-order valence-electron chi connectivity index (χ1n) is 6.85. The van der Waals surface area contributed by atoms with Crippen molar-refractivity contribution in [1.82, 2.24) is 0 Å². The zero-order valence-electron chi connectivity index (χ0n) is 11.5. The Morgan fingerprint density at radius 2 is 2.00 bits per heavy atom. The SMILES string of the molecule is CC1CN(c2ccc(C(N)=S)c3ccccc23)CCS1. The van der Waals surface area contributed by atoms with E-state index in [1.165, 1.54) is 16.8 Å². The summed E-state index contributed by atoms with van der Waals surface area (Å²) in [5.74, 6) is 1.19. The Morgan fingerprint density at radius 3 is 2.70 bits per heavy atom. The predicted molar refractivity (Wildman–Crippen MR) is 94.0 cm³/mol. The molecule has 0 amide bonds. The average molecular weight is 302 g/mol. The number of anilines is 1. The van der Waals surface area contributed by atoms with Crippen LogP contribution in [0.25, 0.3) is 10.8 Å². The van der Waals surface area contributed by atoms with Gasteiger partial charge in [-0.15, -0.1) is 0 Å². The number of thiocarbonyl (C=S) groups is 1. The van der Waals surface area contributed by atoms with Crippen molar-refractivity contribution in [3.63, 3.8) is 0 Å². The van der Waals surface area contributed by atoms with Crippen molar-refractivity contribution >= 4 is 45.4 Å². The molecular formula is C16H18N2S2. The molecule has 0 radical (unpaired) electrons. The van der Waals surface area contributed by atoms with Gasteiger partial charge in [0.05, 0.1) is 0 Å². The lowest BCUT2D eigenvalue weighted by atomic mass is 10.0. The first-order chi connectivity index (χ1) is 9.66. The van der Waals surface area contributed by atoms with Gasteiger partial charge in [0, 0.05) is 40.7 Å². The van der Waals surface area contributed by atoms with Gasteiger partial charge < -0.3 is 10.6 Å². The maximum absolute atomic E-state index is 5.84. The van der Waals surface area contributed by atoms with Crippen LogP contribution in [0.5, 0.6) is 0 Å². The van der Waals surface area contributed by atoms with Crippen LogP contribution in [0.2, 0.25) is 0 Å². The number of thioether (sulfide) groups is 1. The molecule has 1 fully saturated rings. The smallest absolute Gasteiger partial charge is 0.104 e. The molecule has 1 unspecified atom stereocenters. The summed E-state index contributed by atoms with van der Waals surface area (Å²) < 4.78 is 0. The monoisotopic (exact) mass is 302 g/mol. The number of hydrogen-bond donors (Lipinski definition) is 1. The molecule has 1 saturated heterocycles. The normalized spacial score (nSPS) is 19.2. The minimum atomic E-state index is 0.468. The van der Waals surface area contributed by atoms with Crippen LogP contribution in [0.15, 0.2) is 36.4 Å². The van der Waals surface area contributed by atoms with Gasteiger partial charge in [0.1, 0.15) is 4.99 Å². The number of hydrogen-bond acceptors (Lipinski definition) is 3. The second-order valence-electron chi connectivity index (χ2n) is 5.17. The molecule has 0 aromatic heterocycles. The van der Waals surface area contributed by atoms with Gasteiger partial charge in [-0.25, -0.2) is 0 Å². The van der Waals surface area contributed by atoms with Crippen LogP contribution in [-0.2, 0) is 0 Å². The van der Waals surface area contributed by atoms with Gasteiger partial charge in [0.15, 0.2) is 0 Å². The van der Waals surface area contributed by atoms with E-state index in [4.69, 9.17) is 18.0 Å². The van der Waals surface area contributed by atoms with Crippen molar-refractivity contribution in [1.29, 1.82) is 0 Å². The van der Waals surface area contributed by atoms with E-state index in [1.807, 2.05) is 17.8 Å². The summed E-state index contributed by atoms with van der Waals surface area (Å²) >= 11 is 7.22. The molecule has 20 heavy (non-hydrogen) atoms. The highest BCUT2D eigenvalue weighted by atomic mass is 32.2. The lowest BCUT2D eigenvalue weighted by Crippen LogP contribution is -2.36. The third kappa shape index (κ3) is 2.50. The van der Waals surface area contributed by atoms with Crippen LogP contribution in [0.4, 0.5) is 5.69 Å². The van der Waals surface area contributed by atoms with Crippen LogP contribution >= 0.6 is 24.0 Å². The zero-order chi connectivity index (χ0) is 14.1. The van der Waals surface area contributed by atoms with Gasteiger partial charge in [-0.2, -0.15) is 11.8 Å². The van der Waals surface area contributed by atoms with Gasteiger partial charge in [-0.05, 0) is 17.5 Å². The van der Waals surface area contributed by atoms with Gasteiger partial charge in [0.2, 0.25) is 0 Å². The lowest BCUT2D eigenvalue weighted by molar-refractivity contribution is 0.786. The summed E-state index contributed by atoms with van der Waals surface area (Å²) in [6.07, 6.45) is 0. The summed E-state index contributed by atoms with van der Waals surface area (Å²) in [5.41, 5.74) is 8.11. The minimum Gasteiger partial charge on any atom is -0.389 e. The van der Waals surface area contributed by atoms with E-state index in [2.05, 4.69) is 42.2 Å². The van der Waals surface area contributed by atoms with E-state index in [1.54, 1.807) is 0 Å². The second kappa shape index (κ2) is 5.62. The average Bonchev–Trinajstić information content (AvgIpc) is 2.46. The van der Waals surface area contributed by atoms with Crippen LogP contribution < -0.4 is 10.6 Å². The molecule has 1 aliphatic rings. The molecule has 3 rings (SSSR count). The molecule has 0 aliphatic carbocycles. The minimum absolute atomic E-state index is 0.468. The fraction of sp³-hybridized carbons (Fsp3) is 0.312. The summed E-state index contributed by atoms with van der Waals surface area (Å²) in [4.78, 5) is 2.95. The second-order valence-corrected chi connectivity index (χ2v) is 7.16. The van der Waals surface area contributed by atoms with Crippen LogP contribution in [0.3, 0.4) is 0 Å². The molecule has 4 heteroatoms. The number of nitrogens with two attached hydrogens (primary N) is 1. The van der Waals surface area contributed by atoms with Gasteiger partial charge in [0.25, 0.3) is 0 Å². The first kappa shape index (κ1) is 13.7. The zero-order valence-corrected chi connectivity index (χ0v) is 13.1. The Labute approximate surface area is 129 Å². The van der Waals surface area contributed by atoms with Crippen molar-refractivity contribution in [2.75, 3.05) is 23.7 Å². The molecule has 0 bridgehead atoms. The highest BCUT2D eigenvalue weighted by Crippen LogP contribution is 2.32. The van der Waals surface area contributed by atoms with Gasteiger partial charge in [-0.3, -0.25) is 0 Å². The van der Waals surface area contributed by atoms with Crippen LogP contribution in [-0.4, -0.2) is 29.1 Å². The maximum atomic E-state index is 5.84. The van der Waals surface area contributed by atoms with Crippen molar-refractivity contribution in [2.45, 2.75) is 12.2 Å². The molecule has 104 valence electrons. The fourth-order valence-corrected chi connectivity index (χ4v) is 4.00. The number of nitrogens with zero attached hydrogens (tertiary/aromatic N) is 1. The van der Waals surface area contributed by atoms with Crippen LogP contribution in [0, 0.1) is 0 Å². The molecule has 1 atom stereocenters. The van der Waals surface area contributed by atoms with Crippen LogP contribution in [0.1, 0.15) is 12.5 Å². The summed E-state index contributed by atoms with van der Waals surface area (Å²) in [6.45, 7) is 4.49. The number of fused-ring (bicyclic) bond motifs is 1. The Hall–Kier alpha value is -1.26. The first-order valence-corrected chi connectivity index (χ1v) is 8.30. The number of benzene rings is 2.